The number of nitrogen functional groups attached to an aromatic ring is 1. The number of anilines is 1. The number of hydrogen-bond donors (Lipinski definition) is 1. The summed E-state index contributed by atoms with van der Waals surface area (Å²) in [7, 11) is 0. The van der Waals surface area contributed by atoms with Crippen molar-refractivity contribution in [3.63, 3.8) is 0 Å². The van der Waals surface area contributed by atoms with Crippen molar-refractivity contribution in [2.24, 2.45) is 23.2 Å². The summed E-state index contributed by atoms with van der Waals surface area (Å²) in [6, 6.07) is 1.97. The SMILES string of the molecule is Cc1cc(OCC23CC4CC(CC(C4)C2)C3)ncc1N. The molecule has 0 aromatic carbocycles. The van der Waals surface area contributed by atoms with Crippen LogP contribution in [0.5, 0.6) is 5.88 Å². The molecule has 0 amide bonds. The van der Waals surface area contributed by atoms with Gasteiger partial charge in [-0.3, -0.25) is 0 Å². The third-order valence-electron chi connectivity index (χ3n) is 5.82. The van der Waals surface area contributed by atoms with Gasteiger partial charge in [0.15, 0.2) is 0 Å². The van der Waals surface area contributed by atoms with Crippen molar-refractivity contribution in [2.75, 3.05) is 12.3 Å². The van der Waals surface area contributed by atoms with E-state index in [1.54, 1.807) is 6.20 Å². The van der Waals surface area contributed by atoms with E-state index in [2.05, 4.69) is 4.98 Å². The van der Waals surface area contributed by atoms with E-state index in [-0.39, 0.29) is 0 Å². The molecule has 0 aliphatic heterocycles. The summed E-state index contributed by atoms with van der Waals surface area (Å²) in [5.74, 6) is 3.68. The first-order chi connectivity index (χ1) is 9.62. The highest BCUT2D eigenvalue weighted by Crippen LogP contribution is 2.59. The Bertz CT molecular complexity index is 490. The lowest BCUT2D eigenvalue weighted by Crippen LogP contribution is -2.48. The van der Waals surface area contributed by atoms with Crippen LogP contribution in [0, 0.1) is 30.1 Å². The van der Waals surface area contributed by atoms with Gasteiger partial charge in [0.2, 0.25) is 5.88 Å². The molecule has 0 atom stereocenters. The van der Waals surface area contributed by atoms with E-state index < -0.39 is 0 Å². The quantitative estimate of drug-likeness (QED) is 0.915. The molecule has 3 heteroatoms. The molecule has 1 heterocycles. The average Bonchev–Trinajstić information content (AvgIpc) is 2.39. The predicted octanol–water partition coefficient (Wildman–Crippen LogP) is 3.57. The van der Waals surface area contributed by atoms with E-state index in [0.29, 0.717) is 5.41 Å². The molecule has 4 aliphatic carbocycles. The van der Waals surface area contributed by atoms with Gasteiger partial charge in [0.25, 0.3) is 0 Å². The van der Waals surface area contributed by atoms with Crippen LogP contribution in [-0.4, -0.2) is 11.6 Å². The molecule has 4 saturated carbocycles. The second-order valence-corrected chi connectivity index (χ2v) is 7.59. The molecule has 2 N–H and O–H groups in total. The largest absolute Gasteiger partial charge is 0.477 e. The molecule has 4 fully saturated rings. The van der Waals surface area contributed by atoms with Crippen LogP contribution in [-0.2, 0) is 0 Å². The topological polar surface area (TPSA) is 48.1 Å². The molecule has 4 bridgehead atoms. The smallest absolute Gasteiger partial charge is 0.213 e. The van der Waals surface area contributed by atoms with Gasteiger partial charge in [0.1, 0.15) is 0 Å². The number of hydrogen-bond acceptors (Lipinski definition) is 3. The maximum Gasteiger partial charge on any atom is 0.213 e. The van der Waals surface area contributed by atoms with E-state index in [0.717, 1.165) is 41.5 Å². The van der Waals surface area contributed by atoms with Crippen LogP contribution < -0.4 is 10.5 Å². The first kappa shape index (κ1) is 12.5. The lowest BCUT2D eigenvalue weighted by molar-refractivity contribution is -0.0751. The van der Waals surface area contributed by atoms with Crippen LogP contribution in [0.3, 0.4) is 0 Å². The van der Waals surface area contributed by atoms with Gasteiger partial charge in [-0.25, -0.2) is 4.98 Å². The van der Waals surface area contributed by atoms with Crippen molar-refractivity contribution in [2.45, 2.75) is 45.4 Å². The zero-order valence-corrected chi connectivity index (χ0v) is 12.3. The maximum absolute atomic E-state index is 6.06. The first-order valence-corrected chi connectivity index (χ1v) is 7.97. The van der Waals surface area contributed by atoms with Gasteiger partial charge in [-0.2, -0.15) is 0 Å². The molecule has 0 saturated heterocycles. The van der Waals surface area contributed by atoms with E-state index >= 15 is 0 Å². The second-order valence-electron chi connectivity index (χ2n) is 7.59. The highest BCUT2D eigenvalue weighted by atomic mass is 16.5. The lowest BCUT2D eigenvalue weighted by Gasteiger charge is -2.56. The third-order valence-corrected chi connectivity index (χ3v) is 5.82. The Morgan fingerprint density at radius 1 is 1.20 bits per heavy atom. The van der Waals surface area contributed by atoms with E-state index in [9.17, 15) is 0 Å². The molecule has 3 nitrogen and oxygen atoms in total. The lowest BCUT2D eigenvalue weighted by atomic mass is 9.50. The van der Waals surface area contributed by atoms with Crippen LogP contribution in [0.1, 0.15) is 44.1 Å². The third kappa shape index (κ3) is 2.07. The van der Waals surface area contributed by atoms with E-state index in [4.69, 9.17) is 10.5 Å². The number of ether oxygens (including phenoxy) is 1. The number of rotatable bonds is 3. The monoisotopic (exact) mass is 272 g/mol. The Balaban J connectivity index is 1.47. The molecule has 108 valence electrons. The molecule has 1 aromatic heterocycles. The number of nitrogens with zero attached hydrogens (tertiary/aromatic N) is 1. The predicted molar refractivity (Wildman–Crippen MR) is 79.5 cm³/mol. The molecule has 0 unspecified atom stereocenters. The summed E-state index contributed by atoms with van der Waals surface area (Å²) >= 11 is 0. The number of nitrogens with two attached hydrogens (primary N) is 1. The minimum Gasteiger partial charge on any atom is -0.477 e. The Labute approximate surface area is 120 Å². The van der Waals surface area contributed by atoms with Crippen LogP contribution in [0.4, 0.5) is 5.69 Å². The Morgan fingerprint density at radius 3 is 2.35 bits per heavy atom. The summed E-state index contributed by atoms with van der Waals surface area (Å²) in [5.41, 5.74) is 8.06. The fourth-order valence-electron chi connectivity index (χ4n) is 5.31. The molecule has 0 spiro atoms. The number of aromatic nitrogens is 1. The molecular formula is C17H24N2O. The van der Waals surface area contributed by atoms with Crippen molar-refractivity contribution in [3.05, 3.63) is 17.8 Å². The summed E-state index contributed by atoms with van der Waals surface area (Å²) in [6.07, 6.45) is 10.3. The number of aryl methyl sites for hydroxylation is 1. The maximum atomic E-state index is 6.06. The number of pyridine rings is 1. The summed E-state index contributed by atoms with van der Waals surface area (Å²) in [5, 5.41) is 0. The van der Waals surface area contributed by atoms with Crippen molar-refractivity contribution in [1.82, 2.24) is 4.98 Å². The summed E-state index contributed by atoms with van der Waals surface area (Å²) in [6.45, 7) is 2.86. The van der Waals surface area contributed by atoms with Gasteiger partial charge in [0.05, 0.1) is 18.5 Å². The van der Waals surface area contributed by atoms with Gasteiger partial charge in [0, 0.05) is 11.5 Å². The van der Waals surface area contributed by atoms with Crippen LogP contribution in [0.15, 0.2) is 12.3 Å². The van der Waals surface area contributed by atoms with Crippen molar-refractivity contribution >= 4 is 5.69 Å². The van der Waals surface area contributed by atoms with Crippen molar-refractivity contribution in [1.29, 1.82) is 0 Å². The first-order valence-electron chi connectivity index (χ1n) is 7.97. The van der Waals surface area contributed by atoms with Crippen molar-refractivity contribution < 1.29 is 4.74 Å². The molecule has 5 rings (SSSR count). The Kier molecular flexibility index (Phi) is 2.73. The molecule has 4 aliphatic rings. The zero-order chi connectivity index (χ0) is 13.7. The molecular weight excluding hydrogens is 248 g/mol. The minimum atomic E-state index is 0.450. The minimum absolute atomic E-state index is 0.450. The second kappa shape index (κ2) is 4.37. The van der Waals surface area contributed by atoms with Gasteiger partial charge >= 0.3 is 0 Å². The van der Waals surface area contributed by atoms with Crippen LogP contribution in [0.2, 0.25) is 0 Å². The summed E-state index contributed by atoms with van der Waals surface area (Å²) < 4.78 is 6.06. The van der Waals surface area contributed by atoms with Gasteiger partial charge in [-0.15, -0.1) is 0 Å². The fourth-order valence-corrected chi connectivity index (χ4v) is 5.31. The van der Waals surface area contributed by atoms with Gasteiger partial charge in [-0.1, -0.05) is 0 Å². The highest BCUT2D eigenvalue weighted by molar-refractivity contribution is 5.45. The average molecular weight is 272 g/mol. The van der Waals surface area contributed by atoms with Gasteiger partial charge in [-0.05, 0) is 68.8 Å². The van der Waals surface area contributed by atoms with Gasteiger partial charge < -0.3 is 10.5 Å². The van der Waals surface area contributed by atoms with E-state index in [1.807, 2.05) is 13.0 Å². The van der Waals surface area contributed by atoms with Crippen LogP contribution in [0.25, 0.3) is 0 Å². The Hall–Kier alpha value is -1.25. The normalized spacial score (nSPS) is 38.1. The summed E-state index contributed by atoms with van der Waals surface area (Å²) in [4.78, 5) is 4.31. The fraction of sp³-hybridized carbons (Fsp3) is 0.706. The molecule has 20 heavy (non-hydrogen) atoms. The van der Waals surface area contributed by atoms with Crippen LogP contribution >= 0.6 is 0 Å². The highest BCUT2D eigenvalue weighted by Gasteiger charge is 2.51. The zero-order valence-electron chi connectivity index (χ0n) is 12.3. The molecule has 1 aromatic rings. The standard InChI is InChI=1S/C17H24N2O/c1-11-2-16(19-9-15(11)18)20-10-17-6-12-3-13(7-17)5-14(4-12)8-17/h2,9,12-14H,3-8,10,18H2,1H3. The van der Waals surface area contributed by atoms with Crippen molar-refractivity contribution in [3.8, 4) is 5.88 Å². The Morgan fingerprint density at radius 2 is 1.80 bits per heavy atom. The molecule has 0 radical (unpaired) electrons. The van der Waals surface area contributed by atoms with E-state index in [1.165, 1.54) is 38.5 Å².